The number of alkyl carbamates (subject to hydrolysis) is 2. The van der Waals surface area contributed by atoms with Gasteiger partial charge < -0.3 is 29.6 Å². The first-order chi connectivity index (χ1) is 14.6. The van der Waals surface area contributed by atoms with Crippen molar-refractivity contribution in [2.45, 2.75) is 60.3 Å². The lowest BCUT2D eigenvalue weighted by Gasteiger charge is -2.20. The van der Waals surface area contributed by atoms with Crippen LogP contribution in [0.3, 0.4) is 0 Å². The van der Waals surface area contributed by atoms with Gasteiger partial charge in [0.15, 0.2) is 0 Å². The molecule has 2 N–H and O–H groups in total. The zero-order chi connectivity index (χ0) is 23.7. The van der Waals surface area contributed by atoms with Gasteiger partial charge in [-0.2, -0.15) is 0 Å². The second kappa shape index (κ2) is 16.2. The van der Waals surface area contributed by atoms with E-state index in [0.29, 0.717) is 25.7 Å². The number of unbranched alkanes of at least 4 members (excludes halogenated alkanes) is 1. The molecule has 0 aromatic rings. The Labute approximate surface area is 184 Å². The second-order valence-electron chi connectivity index (χ2n) is 7.68. The minimum Gasteiger partial charge on any atom is -0.464 e. The second-order valence-corrected chi connectivity index (χ2v) is 7.68. The Kier molecular flexibility index (Phi) is 14.9. The van der Waals surface area contributed by atoms with E-state index >= 15 is 0 Å². The standard InChI is InChI=1S/C21H38N2O8/c1-6-16(3)17(24)28-14-10-22-19(26)30-12-8-9-13-31-20(27)23-11-15-29-18(25)21(4,5)7-2/h16H,6-15H2,1-5H3,(H,22,26)(H,23,27). The summed E-state index contributed by atoms with van der Waals surface area (Å²) < 4.78 is 20.1. The Morgan fingerprint density at radius 2 is 1.26 bits per heavy atom. The number of amides is 2. The van der Waals surface area contributed by atoms with Crippen LogP contribution in [0.4, 0.5) is 9.59 Å². The number of nitrogens with one attached hydrogen (secondary N) is 2. The van der Waals surface area contributed by atoms with Crippen molar-refractivity contribution in [3.63, 3.8) is 0 Å². The first-order valence-electron chi connectivity index (χ1n) is 10.8. The monoisotopic (exact) mass is 446 g/mol. The molecule has 0 saturated carbocycles. The van der Waals surface area contributed by atoms with Crippen LogP contribution >= 0.6 is 0 Å². The fraction of sp³-hybridized carbons (Fsp3) is 0.810. The molecule has 10 nitrogen and oxygen atoms in total. The van der Waals surface area contributed by atoms with Crippen molar-refractivity contribution in [1.29, 1.82) is 0 Å². The molecule has 0 aromatic heterocycles. The highest BCUT2D eigenvalue weighted by Crippen LogP contribution is 2.21. The lowest BCUT2D eigenvalue weighted by atomic mass is 9.91. The van der Waals surface area contributed by atoms with Gasteiger partial charge in [-0.05, 0) is 39.5 Å². The van der Waals surface area contributed by atoms with E-state index in [1.54, 1.807) is 20.8 Å². The third-order valence-electron chi connectivity index (χ3n) is 4.68. The summed E-state index contributed by atoms with van der Waals surface area (Å²) in [6, 6.07) is 0. The number of carbonyl (C=O) groups is 4. The smallest absolute Gasteiger partial charge is 0.407 e. The average Bonchev–Trinajstić information content (AvgIpc) is 2.75. The van der Waals surface area contributed by atoms with Crippen LogP contribution in [0.25, 0.3) is 0 Å². The van der Waals surface area contributed by atoms with Gasteiger partial charge in [-0.1, -0.05) is 20.8 Å². The summed E-state index contributed by atoms with van der Waals surface area (Å²) in [6.07, 6.45) is 1.21. The van der Waals surface area contributed by atoms with E-state index in [0.717, 1.165) is 0 Å². The number of hydrogen-bond donors (Lipinski definition) is 2. The lowest BCUT2D eigenvalue weighted by molar-refractivity contribution is -0.154. The molecule has 0 bridgehead atoms. The van der Waals surface area contributed by atoms with Crippen molar-refractivity contribution >= 4 is 24.1 Å². The Morgan fingerprint density at radius 1 is 0.774 bits per heavy atom. The normalized spacial score (nSPS) is 11.8. The zero-order valence-electron chi connectivity index (χ0n) is 19.4. The van der Waals surface area contributed by atoms with Crippen molar-refractivity contribution in [3.05, 3.63) is 0 Å². The summed E-state index contributed by atoms with van der Waals surface area (Å²) in [5.74, 6) is -0.753. The first kappa shape index (κ1) is 28.5. The van der Waals surface area contributed by atoms with E-state index in [4.69, 9.17) is 18.9 Å². The average molecular weight is 447 g/mol. The van der Waals surface area contributed by atoms with Crippen LogP contribution in [-0.4, -0.2) is 63.6 Å². The van der Waals surface area contributed by atoms with Crippen LogP contribution < -0.4 is 10.6 Å². The lowest BCUT2D eigenvalue weighted by Crippen LogP contribution is -2.32. The van der Waals surface area contributed by atoms with Crippen molar-refractivity contribution in [1.82, 2.24) is 10.6 Å². The molecule has 0 radical (unpaired) electrons. The van der Waals surface area contributed by atoms with Crippen molar-refractivity contribution in [2.75, 3.05) is 39.5 Å². The molecule has 1 atom stereocenters. The summed E-state index contributed by atoms with van der Waals surface area (Å²) in [7, 11) is 0. The predicted molar refractivity (Wildman–Crippen MR) is 113 cm³/mol. The molecule has 1 unspecified atom stereocenters. The number of esters is 2. The van der Waals surface area contributed by atoms with E-state index in [1.165, 1.54) is 0 Å². The SMILES string of the molecule is CCC(C)C(=O)OCCNC(=O)OCCCCOC(=O)NCCOC(=O)C(C)(C)CC. The fourth-order valence-electron chi connectivity index (χ4n) is 1.89. The van der Waals surface area contributed by atoms with Gasteiger partial charge in [-0.25, -0.2) is 9.59 Å². The Balaban J connectivity index is 3.59. The van der Waals surface area contributed by atoms with Crippen LogP contribution in [0.1, 0.15) is 60.3 Å². The third-order valence-corrected chi connectivity index (χ3v) is 4.68. The zero-order valence-corrected chi connectivity index (χ0v) is 19.4. The maximum atomic E-state index is 11.8. The topological polar surface area (TPSA) is 129 Å². The quantitative estimate of drug-likeness (QED) is 0.223. The molecule has 0 aliphatic rings. The largest absolute Gasteiger partial charge is 0.464 e. The molecule has 0 aromatic carbocycles. The Morgan fingerprint density at radius 3 is 1.71 bits per heavy atom. The van der Waals surface area contributed by atoms with Gasteiger partial charge in [0.1, 0.15) is 13.2 Å². The molecular weight excluding hydrogens is 408 g/mol. The van der Waals surface area contributed by atoms with Gasteiger partial charge in [0.05, 0.1) is 37.6 Å². The Hall–Kier alpha value is -2.52. The molecule has 0 aliphatic heterocycles. The van der Waals surface area contributed by atoms with Crippen LogP contribution in [0.15, 0.2) is 0 Å². The number of rotatable bonds is 15. The molecule has 0 fully saturated rings. The van der Waals surface area contributed by atoms with Crippen LogP contribution in [-0.2, 0) is 28.5 Å². The van der Waals surface area contributed by atoms with Gasteiger partial charge in [-0.3, -0.25) is 9.59 Å². The van der Waals surface area contributed by atoms with E-state index < -0.39 is 17.6 Å². The highest BCUT2D eigenvalue weighted by molar-refractivity contribution is 5.75. The van der Waals surface area contributed by atoms with Gasteiger partial charge >= 0.3 is 24.1 Å². The molecule has 180 valence electrons. The highest BCUT2D eigenvalue weighted by atomic mass is 16.6. The summed E-state index contributed by atoms with van der Waals surface area (Å²) in [5, 5.41) is 4.98. The first-order valence-corrected chi connectivity index (χ1v) is 10.8. The minimum absolute atomic E-state index is 0.0805. The van der Waals surface area contributed by atoms with Crippen molar-refractivity contribution in [2.24, 2.45) is 11.3 Å². The summed E-state index contributed by atoms with van der Waals surface area (Å²) >= 11 is 0. The number of hydrogen-bond acceptors (Lipinski definition) is 8. The molecule has 0 rings (SSSR count). The van der Waals surface area contributed by atoms with E-state index in [-0.39, 0.29) is 57.4 Å². The van der Waals surface area contributed by atoms with Crippen molar-refractivity contribution in [3.8, 4) is 0 Å². The molecule has 2 amide bonds. The number of carbonyl (C=O) groups excluding carboxylic acids is 4. The maximum absolute atomic E-state index is 11.8. The van der Waals surface area contributed by atoms with Gasteiger partial charge in [0.25, 0.3) is 0 Å². The molecule has 0 aliphatic carbocycles. The Bertz CT molecular complexity index is 566. The van der Waals surface area contributed by atoms with Crippen molar-refractivity contribution < 1.29 is 38.1 Å². The molecule has 0 saturated heterocycles. The molecule has 10 heteroatoms. The van der Waals surface area contributed by atoms with E-state index in [9.17, 15) is 19.2 Å². The molecule has 31 heavy (non-hydrogen) atoms. The summed E-state index contributed by atoms with van der Waals surface area (Å²) in [6.45, 7) is 10.0. The minimum atomic E-state index is -0.601. The van der Waals surface area contributed by atoms with E-state index in [2.05, 4.69) is 10.6 Å². The van der Waals surface area contributed by atoms with Gasteiger partial charge in [-0.15, -0.1) is 0 Å². The van der Waals surface area contributed by atoms with Gasteiger partial charge in [0, 0.05) is 0 Å². The fourth-order valence-corrected chi connectivity index (χ4v) is 1.89. The highest BCUT2D eigenvalue weighted by Gasteiger charge is 2.26. The summed E-state index contributed by atoms with van der Waals surface area (Å²) in [5.41, 5.74) is -0.542. The predicted octanol–water partition coefficient (Wildman–Crippen LogP) is 2.79. The van der Waals surface area contributed by atoms with Gasteiger partial charge in [0.2, 0.25) is 0 Å². The maximum Gasteiger partial charge on any atom is 0.407 e. The summed E-state index contributed by atoms with van der Waals surface area (Å²) in [4.78, 5) is 46.3. The number of ether oxygens (including phenoxy) is 4. The molecule has 0 spiro atoms. The van der Waals surface area contributed by atoms with Crippen LogP contribution in [0, 0.1) is 11.3 Å². The molecule has 0 heterocycles. The third kappa shape index (κ3) is 14.2. The van der Waals surface area contributed by atoms with Crippen LogP contribution in [0.2, 0.25) is 0 Å². The van der Waals surface area contributed by atoms with E-state index in [1.807, 2.05) is 13.8 Å². The van der Waals surface area contributed by atoms with Crippen LogP contribution in [0.5, 0.6) is 0 Å². The molecular formula is C21H38N2O8.